The van der Waals surface area contributed by atoms with Crippen LogP contribution in [0.4, 0.5) is 4.79 Å². The summed E-state index contributed by atoms with van der Waals surface area (Å²) in [4.78, 5) is 19.2. The zero-order valence-corrected chi connectivity index (χ0v) is 16.4. The molecule has 0 saturated heterocycles. The molecule has 0 aliphatic heterocycles. The summed E-state index contributed by atoms with van der Waals surface area (Å²) in [7, 11) is 0. The SMILES string of the molecule is CCOC(=O)Oc1cc2c(cn1)[nH]c1cccc(CNC(C)c3ccccc3)c12. The lowest BCUT2D eigenvalue weighted by Crippen LogP contribution is -2.18. The molecule has 6 heteroatoms. The molecule has 0 fully saturated rings. The number of fused-ring (bicyclic) bond motifs is 3. The molecule has 0 bridgehead atoms. The first-order chi connectivity index (χ1) is 14.2. The van der Waals surface area contributed by atoms with Crippen molar-refractivity contribution < 1.29 is 14.3 Å². The van der Waals surface area contributed by atoms with Crippen LogP contribution in [0.3, 0.4) is 0 Å². The van der Waals surface area contributed by atoms with Gasteiger partial charge in [0.1, 0.15) is 0 Å². The van der Waals surface area contributed by atoms with Gasteiger partial charge in [0.25, 0.3) is 0 Å². The Morgan fingerprint density at radius 3 is 2.76 bits per heavy atom. The molecule has 1 unspecified atom stereocenters. The van der Waals surface area contributed by atoms with E-state index < -0.39 is 6.16 Å². The van der Waals surface area contributed by atoms with E-state index in [4.69, 9.17) is 9.47 Å². The smallest absolute Gasteiger partial charge is 0.434 e. The van der Waals surface area contributed by atoms with Crippen molar-refractivity contribution in [1.29, 1.82) is 0 Å². The van der Waals surface area contributed by atoms with Gasteiger partial charge < -0.3 is 19.8 Å². The molecule has 0 saturated carbocycles. The molecule has 0 aliphatic rings. The van der Waals surface area contributed by atoms with Crippen LogP contribution >= 0.6 is 0 Å². The average molecular weight is 389 g/mol. The van der Waals surface area contributed by atoms with Crippen LogP contribution in [0.15, 0.2) is 60.8 Å². The summed E-state index contributed by atoms with van der Waals surface area (Å²) < 4.78 is 10.0. The minimum atomic E-state index is -0.752. The van der Waals surface area contributed by atoms with E-state index in [0.717, 1.165) is 27.4 Å². The molecule has 0 aliphatic carbocycles. The molecule has 4 aromatic rings. The third kappa shape index (κ3) is 4.07. The van der Waals surface area contributed by atoms with E-state index in [2.05, 4.69) is 40.4 Å². The highest BCUT2D eigenvalue weighted by Gasteiger charge is 2.13. The second-order valence-corrected chi connectivity index (χ2v) is 6.83. The van der Waals surface area contributed by atoms with Crippen molar-refractivity contribution >= 4 is 28.0 Å². The summed E-state index contributed by atoms with van der Waals surface area (Å²) in [6.07, 6.45) is 0.922. The molecule has 2 N–H and O–H groups in total. The van der Waals surface area contributed by atoms with Crippen LogP contribution in [-0.4, -0.2) is 22.7 Å². The molecule has 29 heavy (non-hydrogen) atoms. The third-order valence-electron chi connectivity index (χ3n) is 4.92. The van der Waals surface area contributed by atoms with Gasteiger partial charge in [-0.25, -0.2) is 9.78 Å². The summed E-state index contributed by atoms with van der Waals surface area (Å²) in [5.74, 6) is 0.220. The van der Waals surface area contributed by atoms with Crippen LogP contribution in [0.5, 0.6) is 5.88 Å². The van der Waals surface area contributed by atoms with Crippen LogP contribution in [0.1, 0.15) is 31.0 Å². The topological polar surface area (TPSA) is 76.2 Å². The number of H-pyrrole nitrogens is 1. The Balaban J connectivity index is 1.64. The molecule has 6 nitrogen and oxygen atoms in total. The Kier molecular flexibility index (Phi) is 5.44. The highest BCUT2D eigenvalue weighted by atomic mass is 16.7. The van der Waals surface area contributed by atoms with Crippen molar-refractivity contribution in [2.45, 2.75) is 26.4 Å². The van der Waals surface area contributed by atoms with Gasteiger partial charge >= 0.3 is 6.16 Å². The molecule has 2 aromatic heterocycles. The van der Waals surface area contributed by atoms with E-state index in [9.17, 15) is 4.79 Å². The standard InChI is InChI=1S/C23H23N3O3/c1-3-28-23(27)29-21-12-18-20(14-25-21)26-19-11-7-10-17(22(18)19)13-24-15(2)16-8-5-4-6-9-16/h4-12,14-15,24,26H,3,13H2,1-2H3. The van der Waals surface area contributed by atoms with Crippen LogP contribution in [0.2, 0.25) is 0 Å². The lowest BCUT2D eigenvalue weighted by Gasteiger charge is -2.15. The Labute approximate surface area is 168 Å². The van der Waals surface area contributed by atoms with Crippen molar-refractivity contribution in [2.75, 3.05) is 6.61 Å². The van der Waals surface area contributed by atoms with Crippen molar-refractivity contribution in [2.24, 2.45) is 0 Å². The van der Waals surface area contributed by atoms with Gasteiger partial charge in [-0.3, -0.25) is 0 Å². The molecule has 4 rings (SSSR count). The van der Waals surface area contributed by atoms with Crippen LogP contribution in [0.25, 0.3) is 21.8 Å². The average Bonchev–Trinajstić information content (AvgIpc) is 3.11. The Bertz CT molecular complexity index is 1140. The number of carbonyl (C=O) groups excluding carboxylic acids is 1. The van der Waals surface area contributed by atoms with Gasteiger partial charge in [-0.1, -0.05) is 42.5 Å². The normalized spacial score (nSPS) is 12.2. The summed E-state index contributed by atoms with van der Waals surface area (Å²) in [5.41, 5.74) is 4.30. The van der Waals surface area contributed by atoms with Gasteiger partial charge in [0.05, 0.1) is 18.3 Å². The molecular weight excluding hydrogens is 366 g/mol. The highest BCUT2D eigenvalue weighted by Crippen LogP contribution is 2.30. The van der Waals surface area contributed by atoms with E-state index in [-0.39, 0.29) is 18.5 Å². The first-order valence-corrected chi connectivity index (χ1v) is 9.68. The van der Waals surface area contributed by atoms with Crippen molar-refractivity contribution in [1.82, 2.24) is 15.3 Å². The largest absolute Gasteiger partial charge is 0.515 e. The number of pyridine rings is 1. The fraction of sp³-hybridized carbons (Fsp3) is 0.217. The predicted molar refractivity (Wildman–Crippen MR) is 113 cm³/mol. The number of aromatic amines is 1. The fourth-order valence-electron chi connectivity index (χ4n) is 3.47. The number of benzene rings is 2. The minimum absolute atomic E-state index is 0.220. The molecule has 148 valence electrons. The predicted octanol–water partition coefficient (Wildman–Crippen LogP) is 5.10. The molecule has 2 heterocycles. The van der Waals surface area contributed by atoms with Crippen molar-refractivity contribution in [3.8, 4) is 5.88 Å². The van der Waals surface area contributed by atoms with Gasteiger partial charge in [-0.05, 0) is 31.0 Å². The Morgan fingerprint density at radius 2 is 1.97 bits per heavy atom. The molecule has 0 spiro atoms. The lowest BCUT2D eigenvalue weighted by molar-refractivity contribution is 0.103. The van der Waals surface area contributed by atoms with Crippen LogP contribution < -0.4 is 10.1 Å². The van der Waals surface area contributed by atoms with E-state index in [1.54, 1.807) is 19.2 Å². The minimum Gasteiger partial charge on any atom is -0.434 e. The number of rotatable bonds is 6. The van der Waals surface area contributed by atoms with Gasteiger partial charge in [0.15, 0.2) is 0 Å². The first-order valence-electron chi connectivity index (χ1n) is 9.68. The Morgan fingerprint density at radius 1 is 1.14 bits per heavy atom. The van der Waals surface area contributed by atoms with Crippen molar-refractivity contribution in [3.05, 3.63) is 71.9 Å². The zero-order chi connectivity index (χ0) is 20.2. The maximum atomic E-state index is 11.6. The monoisotopic (exact) mass is 389 g/mol. The number of hydrogen-bond acceptors (Lipinski definition) is 5. The quantitative estimate of drug-likeness (QED) is 0.449. The summed E-state index contributed by atoms with van der Waals surface area (Å²) in [6.45, 7) is 4.84. The van der Waals surface area contributed by atoms with E-state index >= 15 is 0 Å². The maximum Gasteiger partial charge on any atom is 0.515 e. The number of aromatic nitrogens is 2. The van der Waals surface area contributed by atoms with E-state index in [1.165, 1.54) is 5.56 Å². The molecule has 0 amide bonds. The summed E-state index contributed by atoms with van der Waals surface area (Å²) in [5, 5.41) is 5.64. The third-order valence-corrected chi connectivity index (χ3v) is 4.92. The lowest BCUT2D eigenvalue weighted by atomic mass is 10.1. The second kappa shape index (κ2) is 8.32. The summed E-state index contributed by atoms with van der Waals surface area (Å²) in [6, 6.07) is 18.5. The number of nitrogens with zero attached hydrogens (tertiary/aromatic N) is 1. The number of hydrogen-bond donors (Lipinski definition) is 2. The van der Waals surface area contributed by atoms with Gasteiger partial charge in [0, 0.05) is 34.9 Å². The van der Waals surface area contributed by atoms with E-state index in [0.29, 0.717) is 6.54 Å². The molecule has 2 aromatic carbocycles. The maximum absolute atomic E-state index is 11.6. The molecule has 0 radical (unpaired) electrons. The summed E-state index contributed by atoms with van der Waals surface area (Å²) >= 11 is 0. The molecular formula is C23H23N3O3. The highest BCUT2D eigenvalue weighted by molar-refractivity contribution is 6.09. The molecule has 1 atom stereocenters. The number of nitrogens with one attached hydrogen (secondary N) is 2. The van der Waals surface area contributed by atoms with Crippen LogP contribution in [-0.2, 0) is 11.3 Å². The van der Waals surface area contributed by atoms with Crippen LogP contribution in [0, 0.1) is 0 Å². The second-order valence-electron chi connectivity index (χ2n) is 6.83. The zero-order valence-electron chi connectivity index (χ0n) is 16.4. The first kappa shape index (κ1) is 19.0. The number of ether oxygens (including phenoxy) is 2. The number of carbonyl (C=O) groups is 1. The Hall–Kier alpha value is -3.38. The van der Waals surface area contributed by atoms with Gasteiger partial charge in [-0.2, -0.15) is 0 Å². The fourth-order valence-corrected chi connectivity index (χ4v) is 3.47. The van der Waals surface area contributed by atoms with Crippen molar-refractivity contribution in [3.63, 3.8) is 0 Å². The van der Waals surface area contributed by atoms with E-state index in [1.807, 2.05) is 30.3 Å². The van der Waals surface area contributed by atoms with Gasteiger partial charge in [-0.15, -0.1) is 0 Å². The van der Waals surface area contributed by atoms with Gasteiger partial charge in [0.2, 0.25) is 5.88 Å².